The third-order valence-corrected chi connectivity index (χ3v) is 8.76. The molecule has 0 fully saturated rings. The maximum atomic E-state index is 14.1. The Balaban J connectivity index is 1.48. The van der Waals surface area contributed by atoms with Gasteiger partial charge in [0.25, 0.3) is 5.91 Å². The zero-order chi connectivity index (χ0) is 27.0. The molecule has 3 atom stereocenters. The number of aryl methyl sites for hydroxylation is 2. The summed E-state index contributed by atoms with van der Waals surface area (Å²) in [6.45, 7) is 11.3. The van der Waals surface area contributed by atoms with E-state index in [0.29, 0.717) is 35.8 Å². The number of hydrogen-bond acceptors (Lipinski definition) is 6. The van der Waals surface area contributed by atoms with E-state index in [1.807, 2.05) is 54.8 Å². The van der Waals surface area contributed by atoms with Crippen LogP contribution in [0.4, 0.5) is 5.82 Å². The predicted molar refractivity (Wildman–Crippen MR) is 147 cm³/mol. The lowest BCUT2D eigenvalue weighted by Crippen LogP contribution is -2.67. The third kappa shape index (κ3) is 3.22. The first kappa shape index (κ1) is 24.7. The number of dihydropyridines is 1. The number of carbonyl (C=O) groups is 1. The Labute approximate surface area is 223 Å². The number of allylic oxidation sites excluding steroid dienone is 2. The summed E-state index contributed by atoms with van der Waals surface area (Å²) in [6.07, 6.45) is 7.77. The van der Waals surface area contributed by atoms with E-state index in [1.165, 1.54) is 5.56 Å². The van der Waals surface area contributed by atoms with Crippen molar-refractivity contribution in [3.05, 3.63) is 81.9 Å². The molecule has 3 unspecified atom stereocenters. The Morgan fingerprint density at radius 1 is 1.26 bits per heavy atom. The summed E-state index contributed by atoms with van der Waals surface area (Å²) in [6, 6.07) is 8.14. The molecular weight excluding hydrogens is 478 g/mol. The molecule has 1 aromatic carbocycles. The third-order valence-electron chi connectivity index (χ3n) is 8.76. The van der Waals surface area contributed by atoms with E-state index in [4.69, 9.17) is 4.74 Å². The number of aliphatic imine (C=N–C) groups is 1. The number of fused-ring (bicyclic) bond motifs is 3. The van der Waals surface area contributed by atoms with Crippen molar-refractivity contribution in [2.45, 2.75) is 57.7 Å². The monoisotopic (exact) mass is 513 g/mol. The normalized spacial score (nSPS) is 27.8. The summed E-state index contributed by atoms with van der Waals surface area (Å²) in [5.74, 6) is 1.08. The van der Waals surface area contributed by atoms with Gasteiger partial charge in [-0.2, -0.15) is 5.10 Å². The van der Waals surface area contributed by atoms with Crippen molar-refractivity contribution in [2.24, 2.45) is 18.0 Å². The number of aliphatic hydroxyl groups is 1. The number of benzene rings is 1. The lowest BCUT2D eigenvalue weighted by molar-refractivity contribution is -0.0550. The second-order valence-corrected chi connectivity index (χ2v) is 11.9. The van der Waals surface area contributed by atoms with Gasteiger partial charge in [0.05, 0.1) is 12.3 Å². The van der Waals surface area contributed by atoms with Gasteiger partial charge in [-0.15, -0.1) is 0 Å². The molecule has 0 radical (unpaired) electrons. The molecule has 5 heterocycles. The van der Waals surface area contributed by atoms with E-state index in [-0.39, 0.29) is 23.8 Å². The van der Waals surface area contributed by atoms with Gasteiger partial charge < -0.3 is 20.1 Å². The molecular formula is C30H35N5O3. The van der Waals surface area contributed by atoms with Gasteiger partial charge in [-0.3, -0.25) is 14.5 Å². The van der Waals surface area contributed by atoms with Crippen molar-refractivity contribution in [1.82, 2.24) is 14.7 Å². The second kappa shape index (κ2) is 8.17. The van der Waals surface area contributed by atoms with E-state index in [9.17, 15) is 9.90 Å². The van der Waals surface area contributed by atoms with Gasteiger partial charge in [-0.05, 0) is 42.5 Å². The Bertz CT molecular complexity index is 1450. The lowest BCUT2D eigenvalue weighted by Gasteiger charge is -2.51. The standard InChI is InChI=1S/C30H35N5O3/c1-18-12-26(33-34(18)6)32-25-14-24-23(17-36)29(5,30(25,38-24)21-8-7-11-31-15-21)35-16-19-13-20(28(2,3)4)9-10-22(19)27(35)37/h7-14,21,36H,15-17H2,1-6H3,(H,32,33). The van der Waals surface area contributed by atoms with Crippen molar-refractivity contribution in [2.75, 3.05) is 18.5 Å². The van der Waals surface area contributed by atoms with E-state index >= 15 is 0 Å². The molecule has 2 aromatic rings. The van der Waals surface area contributed by atoms with E-state index in [1.54, 1.807) is 6.21 Å². The fourth-order valence-corrected chi connectivity index (χ4v) is 6.48. The van der Waals surface area contributed by atoms with Crippen molar-refractivity contribution in [1.29, 1.82) is 0 Å². The summed E-state index contributed by atoms with van der Waals surface area (Å²) in [5, 5.41) is 18.8. The molecule has 0 saturated heterocycles. The van der Waals surface area contributed by atoms with Crippen molar-refractivity contribution >= 4 is 17.9 Å². The molecule has 0 spiro atoms. The highest BCUT2D eigenvalue weighted by atomic mass is 16.5. The molecule has 1 aromatic heterocycles. The number of aliphatic hydroxyl groups excluding tert-OH is 1. The molecule has 1 amide bonds. The fraction of sp³-hybridized carbons (Fsp3) is 0.433. The highest BCUT2D eigenvalue weighted by molar-refractivity contribution is 5.99. The Morgan fingerprint density at radius 3 is 2.68 bits per heavy atom. The minimum Gasteiger partial charge on any atom is -0.477 e. The van der Waals surface area contributed by atoms with Gasteiger partial charge in [0, 0.05) is 61.2 Å². The van der Waals surface area contributed by atoms with Gasteiger partial charge in [0.15, 0.2) is 11.4 Å². The molecule has 8 nitrogen and oxygen atoms in total. The number of ether oxygens (including phenoxy) is 1. The van der Waals surface area contributed by atoms with Crippen molar-refractivity contribution in [3.63, 3.8) is 0 Å². The van der Waals surface area contributed by atoms with E-state index < -0.39 is 11.1 Å². The number of aromatic nitrogens is 2. The number of amides is 1. The molecule has 2 N–H and O–H groups in total. The zero-order valence-corrected chi connectivity index (χ0v) is 22.9. The van der Waals surface area contributed by atoms with Gasteiger partial charge >= 0.3 is 0 Å². The quantitative estimate of drug-likeness (QED) is 0.630. The first-order valence-electron chi connectivity index (χ1n) is 13.2. The molecule has 0 aliphatic carbocycles. The first-order valence-corrected chi connectivity index (χ1v) is 13.2. The Morgan fingerprint density at radius 2 is 2.05 bits per heavy atom. The largest absolute Gasteiger partial charge is 0.477 e. The van der Waals surface area contributed by atoms with Crippen LogP contribution in [0.25, 0.3) is 0 Å². The van der Waals surface area contributed by atoms with Crippen LogP contribution in [0.2, 0.25) is 0 Å². The van der Waals surface area contributed by atoms with Gasteiger partial charge in [-0.25, -0.2) is 0 Å². The second-order valence-electron chi connectivity index (χ2n) is 11.9. The number of anilines is 1. The fourth-order valence-electron chi connectivity index (χ4n) is 6.48. The summed E-state index contributed by atoms with van der Waals surface area (Å²) < 4.78 is 8.61. The van der Waals surface area contributed by atoms with Crippen LogP contribution in [0, 0.1) is 12.8 Å². The van der Waals surface area contributed by atoms with Crippen molar-refractivity contribution < 1.29 is 14.6 Å². The molecule has 198 valence electrons. The highest BCUT2D eigenvalue weighted by Crippen LogP contribution is 2.60. The summed E-state index contributed by atoms with van der Waals surface area (Å²) in [7, 11) is 1.91. The molecule has 8 heteroatoms. The Kier molecular flexibility index (Phi) is 5.31. The van der Waals surface area contributed by atoms with Crippen LogP contribution in [0.5, 0.6) is 0 Å². The number of rotatable bonds is 5. The topological polar surface area (TPSA) is 92.0 Å². The van der Waals surface area contributed by atoms with E-state index in [0.717, 1.165) is 17.0 Å². The van der Waals surface area contributed by atoms with Crippen LogP contribution in [0.1, 0.15) is 54.9 Å². The number of nitrogens with zero attached hydrogens (tertiary/aromatic N) is 4. The molecule has 0 saturated carbocycles. The van der Waals surface area contributed by atoms with Crippen LogP contribution < -0.4 is 5.32 Å². The Hall–Kier alpha value is -3.65. The predicted octanol–water partition coefficient (Wildman–Crippen LogP) is 4.02. The zero-order valence-electron chi connectivity index (χ0n) is 22.9. The summed E-state index contributed by atoms with van der Waals surface area (Å²) in [5.41, 5.74) is 3.43. The van der Waals surface area contributed by atoms with Crippen molar-refractivity contribution in [3.8, 4) is 0 Å². The number of carbonyl (C=O) groups excluding carboxylic acids is 1. The maximum absolute atomic E-state index is 14.1. The van der Waals surface area contributed by atoms with E-state index in [2.05, 4.69) is 54.4 Å². The lowest BCUT2D eigenvalue weighted by atomic mass is 9.65. The van der Waals surface area contributed by atoms with Crippen LogP contribution in [-0.4, -0.2) is 56.2 Å². The minimum atomic E-state index is -1.01. The van der Waals surface area contributed by atoms with Crippen LogP contribution in [0.3, 0.4) is 0 Å². The first-order chi connectivity index (χ1) is 18.0. The van der Waals surface area contributed by atoms with Crippen LogP contribution >= 0.6 is 0 Å². The van der Waals surface area contributed by atoms with Gasteiger partial charge in [0.2, 0.25) is 0 Å². The minimum absolute atomic E-state index is 0.0318. The average Bonchev–Trinajstić information content (AvgIpc) is 3.58. The summed E-state index contributed by atoms with van der Waals surface area (Å²) in [4.78, 5) is 20.5. The summed E-state index contributed by atoms with van der Waals surface area (Å²) >= 11 is 0. The van der Waals surface area contributed by atoms with Crippen LogP contribution in [0.15, 0.2) is 64.5 Å². The van der Waals surface area contributed by atoms with Crippen LogP contribution in [-0.2, 0) is 23.7 Å². The molecule has 38 heavy (non-hydrogen) atoms. The highest BCUT2D eigenvalue weighted by Gasteiger charge is 2.70. The molecule has 2 bridgehead atoms. The SMILES string of the molecule is Cc1cc(NC2=CC3=C(CO)C(C)(N4Cc5cc(C(C)(C)C)ccc5C4=O)C2(C2C=CC=NC2)O3)nn1C. The van der Waals surface area contributed by atoms with Gasteiger partial charge in [-0.1, -0.05) is 39.0 Å². The molecule has 4 aliphatic heterocycles. The maximum Gasteiger partial charge on any atom is 0.255 e. The molecule has 4 aliphatic rings. The number of nitrogens with one attached hydrogen (secondary N) is 1. The average molecular weight is 514 g/mol. The smallest absolute Gasteiger partial charge is 0.255 e. The number of hydrogen-bond donors (Lipinski definition) is 2. The molecule has 6 rings (SSSR count). The van der Waals surface area contributed by atoms with Gasteiger partial charge in [0.1, 0.15) is 11.3 Å².